The van der Waals surface area contributed by atoms with Crippen molar-refractivity contribution in [1.29, 1.82) is 0 Å². The minimum atomic E-state index is 0.456. The van der Waals surface area contributed by atoms with E-state index in [1.54, 1.807) is 0 Å². The number of thioether (sulfide) groups is 1. The minimum absolute atomic E-state index is 0.456. The number of nitrogens with zero attached hydrogens (tertiary/aromatic N) is 2. The molecule has 1 saturated heterocycles. The van der Waals surface area contributed by atoms with E-state index in [0.29, 0.717) is 12.1 Å². The highest BCUT2D eigenvalue weighted by molar-refractivity contribution is 8.00. The lowest BCUT2D eigenvalue weighted by atomic mass is 10.0. The van der Waals surface area contributed by atoms with E-state index in [4.69, 9.17) is 0 Å². The highest BCUT2D eigenvalue weighted by Crippen LogP contribution is 2.29. The van der Waals surface area contributed by atoms with Gasteiger partial charge in [-0.05, 0) is 45.6 Å². The first-order chi connectivity index (χ1) is 8.20. The van der Waals surface area contributed by atoms with Crippen molar-refractivity contribution in [2.24, 2.45) is 0 Å². The van der Waals surface area contributed by atoms with Gasteiger partial charge in [0, 0.05) is 30.0 Å². The highest BCUT2D eigenvalue weighted by Gasteiger charge is 2.25. The smallest absolute Gasteiger partial charge is 0.0640 e. The first kappa shape index (κ1) is 13.0. The van der Waals surface area contributed by atoms with Crippen LogP contribution in [0.3, 0.4) is 0 Å². The molecule has 0 radical (unpaired) electrons. The Labute approximate surface area is 108 Å². The van der Waals surface area contributed by atoms with E-state index >= 15 is 0 Å². The Balaban J connectivity index is 1.97. The van der Waals surface area contributed by atoms with Crippen LogP contribution in [0, 0.1) is 0 Å². The molecule has 1 aromatic rings. The monoisotopic (exact) mass is 253 g/mol. The van der Waals surface area contributed by atoms with Gasteiger partial charge in [0.05, 0.1) is 5.69 Å². The van der Waals surface area contributed by atoms with Crippen molar-refractivity contribution in [3.8, 4) is 0 Å². The van der Waals surface area contributed by atoms with Crippen molar-refractivity contribution in [1.82, 2.24) is 15.1 Å². The van der Waals surface area contributed by atoms with Crippen molar-refractivity contribution in [3.05, 3.63) is 18.0 Å². The third-order valence-electron chi connectivity index (χ3n) is 3.41. The van der Waals surface area contributed by atoms with Crippen LogP contribution in [0.2, 0.25) is 0 Å². The lowest BCUT2D eigenvalue weighted by molar-refractivity contribution is 0.496. The molecule has 0 bridgehead atoms. The molecule has 96 valence electrons. The maximum atomic E-state index is 4.64. The quantitative estimate of drug-likeness (QED) is 0.874. The molecule has 0 saturated carbocycles. The molecule has 2 rings (SSSR count). The maximum absolute atomic E-state index is 4.64. The van der Waals surface area contributed by atoms with Gasteiger partial charge in [-0.1, -0.05) is 0 Å². The fraction of sp³-hybridized carbons (Fsp3) is 0.769. The van der Waals surface area contributed by atoms with Crippen LogP contribution in [0.15, 0.2) is 12.3 Å². The van der Waals surface area contributed by atoms with Gasteiger partial charge in [0.25, 0.3) is 0 Å². The molecule has 2 unspecified atom stereocenters. The Hall–Kier alpha value is -0.480. The number of hydrogen-bond acceptors (Lipinski definition) is 3. The van der Waals surface area contributed by atoms with Crippen LogP contribution in [-0.4, -0.2) is 33.9 Å². The second-order valence-corrected chi connectivity index (χ2v) is 6.38. The van der Waals surface area contributed by atoms with Crippen LogP contribution in [0.5, 0.6) is 0 Å². The molecule has 2 heterocycles. The Bertz CT molecular complexity index is 342. The molecule has 0 amide bonds. The molecule has 0 spiro atoms. The van der Waals surface area contributed by atoms with Gasteiger partial charge >= 0.3 is 0 Å². The lowest BCUT2D eigenvalue weighted by Crippen LogP contribution is -2.36. The largest absolute Gasteiger partial charge is 0.316 e. The molecular formula is C13H23N3S. The second-order valence-electron chi connectivity index (χ2n) is 5.03. The van der Waals surface area contributed by atoms with E-state index < -0.39 is 0 Å². The van der Waals surface area contributed by atoms with E-state index in [0.717, 1.165) is 11.7 Å². The molecule has 17 heavy (non-hydrogen) atoms. The van der Waals surface area contributed by atoms with Gasteiger partial charge in [0.15, 0.2) is 0 Å². The predicted molar refractivity (Wildman–Crippen MR) is 74.6 cm³/mol. The van der Waals surface area contributed by atoms with Gasteiger partial charge in [-0.15, -0.1) is 0 Å². The van der Waals surface area contributed by atoms with Crippen molar-refractivity contribution in [3.63, 3.8) is 0 Å². The topological polar surface area (TPSA) is 29.9 Å². The molecule has 2 atom stereocenters. The van der Waals surface area contributed by atoms with E-state index in [-0.39, 0.29) is 0 Å². The minimum Gasteiger partial charge on any atom is -0.316 e. The molecular weight excluding hydrogens is 230 g/mol. The zero-order valence-corrected chi connectivity index (χ0v) is 11.8. The van der Waals surface area contributed by atoms with E-state index in [2.05, 4.69) is 55.3 Å². The molecule has 1 fully saturated rings. The number of likely N-dealkylation sites (N-methyl/N-ethyl adjacent to an activating group) is 1. The summed E-state index contributed by atoms with van der Waals surface area (Å²) in [6, 6.07) is 3.18. The summed E-state index contributed by atoms with van der Waals surface area (Å²) in [5, 5.41) is 8.86. The number of hydrogen-bond donors (Lipinski definition) is 1. The van der Waals surface area contributed by atoms with Crippen LogP contribution >= 0.6 is 11.8 Å². The first-order valence-corrected chi connectivity index (χ1v) is 7.58. The van der Waals surface area contributed by atoms with Crippen molar-refractivity contribution in [2.75, 3.05) is 12.8 Å². The van der Waals surface area contributed by atoms with Crippen LogP contribution in [0.4, 0.5) is 0 Å². The van der Waals surface area contributed by atoms with Crippen LogP contribution in [0.25, 0.3) is 0 Å². The molecule has 0 aromatic carbocycles. The van der Waals surface area contributed by atoms with Gasteiger partial charge in [0.2, 0.25) is 0 Å². The average Bonchev–Trinajstić information content (AvgIpc) is 2.96. The summed E-state index contributed by atoms with van der Waals surface area (Å²) in [6.07, 6.45) is 5.86. The fourth-order valence-corrected chi connectivity index (χ4v) is 3.77. The van der Waals surface area contributed by atoms with Gasteiger partial charge in [0.1, 0.15) is 0 Å². The molecule has 4 heteroatoms. The summed E-state index contributed by atoms with van der Waals surface area (Å²) in [5.74, 6) is 1.32. The predicted octanol–water partition coefficient (Wildman–Crippen LogP) is 2.49. The molecule has 1 N–H and O–H groups in total. The van der Waals surface area contributed by atoms with E-state index in [1.807, 2.05) is 4.68 Å². The van der Waals surface area contributed by atoms with Crippen LogP contribution in [0.1, 0.15) is 38.4 Å². The Morgan fingerprint density at radius 3 is 2.94 bits per heavy atom. The summed E-state index contributed by atoms with van der Waals surface area (Å²) in [7, 11) is 2.07. The lowest BCUT2D eigenvalue weighted by Gasteiger charge is -2.21. The van der Waals surface area contributed by atoms with Crippen LogP contribution in [-0.2, 0) is 6.42 Å². The van der Waals surface area contributed by atoms with Gasteiger partial charge < -0.3 is 5.32 Å². The van der Waals surface area contributed by atoms with Gasteiger partial charge in [-0.2, -0.15) is 16.9 Å². The summed E-state index contributed by atoms with van der Waals surface area (Å²) >= 11 is 2.11. The molecule has 0 aliphatic carbocycles. The van der Waals surface area contributed by atoms with Crippen molar-refractivity contribution < 1.29 is 0 Å². The Morgan fingerprint density at radius 1 is 1.59 bits per heavy atom. The maximum Gasteiger partial charge on any atom is 0.0640 e. The zero-order chi connectivity index (χ0) is 12.3. The normalized spacial score (nSPS) is 22.2. The summed E-state index contributed by atoms with van der Waals surface area (Å²) in [6.45, 7) is 4.33. The molecule has 1 aliphatic rings. The number of nitrogens with one attached hydrogen (secondary N) is 1. The summed E-state index contributed by atoms with van der Waals surface area (Å²) in [5.41, 5.74) is 1.21. The third-order valence-corrected chi connectivity index (χ3v) is 4.92. The zero-order valence-electron chi connectivity index (χ0n) is 11.0. The standard InChI is InChI=1S/C13H23N3S/c1-10(2)16-7-6-11(15-16)9-12(14-3)13-5-4-8-17-13/h6-7,10,12-14H,4-5,8-9H2,1-3H3. The third kappa shape index (κ3) is 3.26. The Kier molecular flexibility index (Phi) is 4.51. The van der Waals surface area contributed by atoms with Crippen molar-refractivity contribution >= 4 is 11.8 Å². The SMILES string of the molecule is CNC(Cc1ccn(C(C)C)n1)C1CCCS1. The molecule has 3 nitrogen and oxygen atoms in total. The fourth-order valence-electron chi connectivity index (χ4n) is 2.34. The second kappa shape index (κ2) is 5.91. The van der Waals surface area contributed by atoms with E-state index in [1.165, 1.54) is 24.3 Å². The first-order valence-electron chi connectivity index (χ1n) is 6.53. The summed E-state index contributed by atoms with van der Waals surface area (Å²) < 4.78 is 2.05. The van der Waals surface area contributed by atoms with Crippen LogP contribution < -0.4 is 5.32 Å². The summed E-state index contributed by atoms with van der Waals surface area (Å²) in [4.78, 5) is 0. The molecule has 1 aromatic heterocycles. The van der Waals surface area contributed by atoms with Crippen molar-refractivity contribution in [2.45, 2.75) is 50.4 Å². The van der Waals surface area contributed by atoms with Gasteiger partial charge in [-0.25, -0.2) is 0 Å². The molecule has 1 aliphatic heterocycles. The van der Waals surface area contributed by atoms with E-state index in [9.17, 15) is 0 Å². The average molecular weight is 253 g/mol. The number of aromatic nitrogens is 2. The number of rotatable bonds is 5. The Morgan fingerprint density at radius 2 is 2.41 bits per heavy atom. The van der Waals surface area contributed by atoms with Gasteiger partial charge in [-0.3, -0.25) is 4.68 Å². The highest BCUT2D eigenvalue weighted by atomic mass is 32.2.